The minimum absolute atomic E-state index is 0.261. The number of benzene rings is 2. The van der Waals surface area contributed by atoms with Crippen LogP contribution in [-0.2, 0) is 23.2 Å². The van der Waals surface area contributed by atoms with Crippen molar-refractivity contribution >= 4 is 5.91 Å². The highest BCUT2D eigenvalue weighted by Crippen LogP contribution is 2.52. The fraction of sp³-hybridized carbons (Fsp3) is 0.350. The van der Waals surface area contributed by atoms with E-state index in [1.807, 2.05) is 29.2 Å². The maximum atomic E-state index is 13.2. The molecule has 1 amide bonds. The SMILES string of the molecule is COc1ccccc1C1(C(=O)N2CCc3ccccc3C2)CC1. The molecular formula is C20H21NO2. The largest absolute Gasteiger partial charge is 0.496 e. The molecule has 2 aromatic rings. The summed E-state index contributed by atoms with van der Waals surface area (Å²) in [6.07, 6.45) is 2.79. The number of ether oxygens (including phenoxy) is 1. The van der Waals surface area contributed by atoms with Crippen molar-refractivity contribution in [2.75, 3.05) is 13.7 Å². The van der Waals surface area contributed by atoms with Crippen LogP contribution in [0.5, 0.6) is 5.75 Å². The molecule has 1 saturated carbocycles. The molecule has 1 heterocycles. The van der Waals surface area contributed by atoms with Crippen molar-refractivity contribution in [1.82, 2.24) is 4.90 Å². The Kier molecular flexibility index (Phi) is 3.37. The molecule has 2 aromatic carbocycles. The van der Waals surface area contributed by atoms with Gasteiger partial charge < -0.3 is 9.64 Å². The van der Waals surface area contributed by atoms with Crippen LogP contribution in [0.4, 0.5) is 0 Å². The summed E-state index contributed by atoms with van der Waals surface area (Å²) in [4.78, 5) is 15.3. The summed E-state index contributed by atoms with van der Waals surface area (Å²) in [5.74, 6) is 1.09. The molecular weight excluding hydrogens is 286 g/mol. The van der Waals surface area contributed by atoms with Crippen molar-refractivity contribution in [2.24, 2.45) is 0 Å². The van der Waals surface area contributed by atoms with Crippen molar-refractivity contribution in [2.45, 2.75) is 31.2 Å². The third-order valence-electron chi connectivity index (χ3n) is 5.20. The third-order valence-corrected chi connectivity index (χ3v) is 5.20. The van der Waals surface area contributed by atoms with E-state index in [2.05, 4.69) is 24.3 Å². The molecule has 4 rings (SSSR count). The molecule has 0 aromatic heterocycles. The summed E-state index contributed by atoms with van der Waals surface area (Å²) in [6, 6.07) is 16.4. The smallest absolute Gasteiger partial charge is 0.233 e. The Bertz CT molecular complexity index is 749. The predicted octanol–water partition coefficient (Wildman–Crippen LogP) is 3.31. The van der Waals surface area contributed by atoms with Gasteiger partial charge in [-0.1, -0.05) is 42.5 Å². The van der Waals surface area contributed by atoms with Gasteiger partial charge in [0.2, 0.25) is 5.91 Å². The van der Waals surface area contributed by atoms with Crippen LogP contribution in [0.15, 0.2) is 48.5 Å². The second-order valence-electron chi connectivity index (χ2n) is 6.53. The summed E-state index contributed by atoms with van der Waals surface area (Å²) in [5.41, 5.74) is 3.34. The third kappa shape index (κ3) is 2.31. The highest BCUT2D eigenvalue weighted by Gasteiger charge is 2.54. The lowest BCUT2D eigenvalue weighted by atomic mass is 9.91. The molecule has 0 N–H and O–H groups in total. The van der Waals surface area contributed by atoms with Crippen LogP contribution in [0, 0.1) is 0 Å². The first-order chi connectivity index (χ1) is 11.2. The van der Waals surface area contributed by atoms with Crippen molar-refractivity contribution in [1.29, 1.82) is 0 Å². The predicted molar refractivity (Wildman–Crippen MR) is 89.5 cm³/mol. The Morgan fingerprint density at radius 2 is 1.74 bits per heavy atom. The van der Waals surface area contributed by atoms with Gasteiger partial charge in [-0.2, -0.15) is 0 Å². The maximum absolute atomic E-state index is 13.2. The van der Waals surface area contributed by atoms with E-state index < -0.39 is 0 Å². The van der Waals surface area contributed by atoms with Crippen LogP contribution in [0.25, 0.3) is 0 Å². The number of fused-ring (bicyclic) bond motifs is 1. The highest BCUT2D eigenvalue weighted by molar-refractivity contribution is 5.92. The average Bonchev–Trinajstić information content (AvgIpc) is 3.42. The normalized spacial score (nSPS) is 18.2. The molecule has 118 valence electrons. The van der Waals surface area contributed by atoms with Gasteiger partial charge in [-0.3, -0.25) is 4.79 Å². The lowest BCUT2D eigenvalue weighted by Gasteiger charge is -2.32. The van der Waals surface area contributed by atoms with Crippen molar-refractivity contribution < 1.29 is 9.53 Å². The summed E-state index contributed by atoms with van der Waals surface area (Å²) < 4.78 is 5.49. The molecule has 0 radical (unpaired) electrons. The quantitative estimate of drug-likeness (QED) is 0.870. The number of para-hydroxylation sites is 1. The molecule has 3 nitrogen and oxygen atoms in total. The molecule has 0 bridgehead atoms. The minimum atomic E-state index is -0.362. The van der Waals surface area contributed by atoms with Crippen LogP contribution in [-0.4, -0.2) is 24.5 Å². The zero-order chi connectivity index (χ0) is 15.9. The summed E-state index contributed by atoms with van der Waals surface area (Å²) in [6.45, 7) is 1.54. The van der Waals surface area contributed by atoms with E-state index in [0.29, 0.717) is 0 Å². The van der Waals surface area contributed by atoms with Crippen molar-refractivity contribution in [3.05, 3.63) is 65.2 Å². The van der Waals surface area contributed by atoms with E-state index in [0.717, 1.165) is 43.7 Å². The fourth-order valence-electron chi connectivity index (χ4n) is 3.74. The molecule has 23 heavy (non-hydrogen) atoms. The lowest BCUT2D eigenvalue weighted by molar-refractivity contribution is -0.135. The van der Waals surface area contributed by atoms with Gasteiger partial charge >= 0.3 is 0 Å². The fourth-order valence-corrected chi connectivity index (χ4v) is 3.74. The Labute approximate surface area is 136 Å². The van der Waals surface area contributed by atoms with Crippen LogP contribution in [0.3, 0.4) is 0 Å². The number of methoxy groups -OCH3 is 1. The second-order valence-corrected chi connectivity index (χ2v) is 6.53. The molecule has 1 aliphatic heterocycles. The molecule has 0 unspecified atom stereocenters. The molecule has 0 saturated heterocycles. The summed E-state index contributed by atoms with van der Waals surface area (Å²) in [7, 11) is 1.68. The monoisotopic (exact) mass is 307 g/mol. The van der Waals surface area contributed by atoms with E-state index in [9.17, 15) is 4.79 Å². The first-order valence-electron chi connectivity index (χ1n) is 8.24. The number of rotatable bonds is 3. The Morgan fingerprint density at radius 3 is 2.48 bits per heavy atom. The molecule has 1 aliphatic carbocycles. The number of hydrogen-bond acceptors (Lipinski definition) is 2. The number of amides is 1. The van der Waals surface area contributed by atoms with Gasteiger partial charge in [0.05, 0.1) is 12.5 Å². The Hall–Kier alpha value is -2.29. The van der Waals surface area contributed by atoms with Crippen LogP contribution in [0.1, 0.15) is 29.5 Å². The molecule has 0 atom stereocenters. The molecule has 3 heteroatoms. The van der Waals surface area contributed by atoms with Crippen LogP contribution in [0.2, 0.25) is 0 Å². The van der Waals surface area contributed by atoms with Gasteiger partial charge in [0.1, 0.15) is 5.75 Å². The summed E-state index contributed by atoms with van der Waals surface area (Å²) >= 11 is 0. The van der Waals surface area contributed by atoms with Gasteiger partial charge in [0.15, 0.2) is 0 Å². The molecule has 1 fully saturated rings. The van der Waals surface area contributed by atoms with Crippen LogP contribution < -0.4 is 4.74 Å². The topological polar surface area (TPSA) is 29.5 Å². The van der Waals surface area contributed by atoms with E-state index >= 15 is 0 Å². The minimum Gasteiger partial charge on any atom is -0.496 e. The van der Waals surface area contributed by atoms with Gasteiger partial charge in [-0.25, -0.2) is 0 Å². The van der Waals surface area contributed by atoms with Crippen LogP contribution >= 0.6 is 0 Å². The van der Waals surface area contributed by atoms with Gasteiger partial charge in [-0.15, -0.1) is 0 Å². The van der Waals surface area contributed by atoms with Crippen molar-refractivity contribution in [3.63, 3.8) is 0 Å². The van der Waals surface area contributed by atoms with E-state index in [1.54, 1.807) is 7.11 Å². The zero-order valence-electron chi connectivity index (χ0n) is 13.4. The number of carbonyl (C=O) groups is 1. The summed E-state index contributed by atoms with van der Waals surface area (Å²) in [5, 5.41) is 0. The van der Waals surface area contributed by atoms with E-state index in [4.69, 9.17) is 4.74 Å². The standard InChI is InChI=1S/C20H21NO2/c1-23-18-9-5-4-8-17(18)20(11-12-20)19(22)21-13-10-15-6-2-3-7-16(15)14-21/h2-9H,10-14H2,1H3. The highest BCUT2D eigenvalue weighted by atomic mass is 16.5. The van der Waals surface area contributed by atoms with E-state index in [-0.39, 0.29) is 11.3 Å². The van der Waals surface area contributed by atoms with Gasteiger partial charge in [0.25, 0.3) is 0 Å². The van der Waals surface area contributed by atoms with E-state index in [1.165, 1.54) is 11.1 Å². The first kappa shape index (κ1) is 14.3. The second kappa shape index (κ2) is 5.41. The number of nitrogens with zero attached hydrogens (tertiary/aromatic N) is 1. The van der Waals surface area contributed by atoms with Crippen molar-refractivity contribution in [3.8, 4) is 5.75 Å². The average molecular weight is 307 g/mol. The first-order valence-corrected chi connectivity index (χ1v) is 8.24. The number of carbonyl (C=O) groups excluding carboxylic acids is 1. The maximum Gasteiger partial charge on any atom is 0.233 e. The zero-order valence-corrected chi connectivity index (χ0v) is 13.4. The Balaban J connectivity index is 1.62. The molecule has 2 aliphatic rings. The van der Waals surface area contributed by atoms with Gasteiger partial charge in [0, 0.05) is 18.7 Å². The number of hydrogen-bond donors (Lipinski definition) is 0. The lowest BCUT2D eigenvalue weighted by Crippen LogP contribution is -2.42. The molecule has 0 spiro atoms. The Morgan fingerprint density at radius 1 is 1.04 bits per heavy atom. The van der Waals surface area contributed by atoms with Gasteiger partial charge in [-0.05, 0) is 36.5 Å².